The Labute approximate surface area is 117 Å². The summed E-state index contributed by atoms with van der Waals surface area (Å²) >= 11 is 8.15. The third-order valence-electron chi connectivity index (χ3n) is 3.45. The molecule has 1 nitrogen and oxygen atoms in total. The molecule has 1 N–H and O–H groups in total. The van der Waals surface area contributed by atoms with E-state index in [2.05, 4.69) is 12.2 Å². The lowest BCUT2D eigenvalue weighted by Gasteiger charge is -2.24. The number of nitrogens with one attached hydrogen (secondary N) is 1. The number of rotatable bonds is 5. The van der Waals surface area contributed by atoms with Crippen molar-refractivity contribution in [2.75, 3.05) is 18.1 Å². The molecule has 100 valence electrons. The van der Waals surface area contributed by atoms with Crippen LogP contribution in [0.5, 0.6) is 0 Å². The van der Waals surface area contributed by atoms with E-state index in [1.807, 2.05) is 11.8 Å². The smallest absolute Gasteiger partial charge is 0.123 e. The minimum absolute atomic E-state index is 0.203. The highest BCUT2D eigenvalue weighted by Gasteiger charge is 2.25. The summed E-state index contributed by atoms with van der Waals surface area (Å²) < 4.78 is 13.3. The standard InChI is InChI=1S/C14H19ClFNS/c1-2-17-14(10-5-6-18-9-10)8-11-7-12(16)3-4-13(11)15/h3-4,7,10,14,17H,2,5-6,8-9H2,1H3. The first-order chi connectivity index (χ1) is 8.70. The Morgan fingerprint density at radius 2 is 2.39 bits per heavy atom. The van der Waals surface area contributed by atoms with Crippen LogP contribution in [0.25, 0.3) is 0 Å². The molecule has 0 amide bonds. The van der Waals surface area contributed by atoms with E-state index in [0.29, 0.717) is 17.0 Å². The zero-order valence-corrected chi connectivity index (χ0v) is 12.2. The fourth-order valence-electron chi connectivity index (χ4n) is 2.47. The number of hydrogen-bond acceptors (Lipinski definition) is 2. The first-order valence-electron chi connectivity index (χ1n) is 6.45. The van der Waals surface area contributed by atoms with E-state index in [1.54, 1.807) is 12.1 Å². The highest BCUT2D eigenvalue weighted by molar-refractivity contribution is 7.99. The Hall–Kier alpha value is -0.250. The molecular formula is C14H19ClFNS. The number of likely N-dealkylation sites (N-methyl/N-ethyl adjacent to an activating group) is 1. The number of halogens is 2. The fraction of sp³-hybridized carbons (Fsp3) is 0.571. The molecular weight excluding hydrogens is 269 g/mol. The zero-order chi connectivity index (χ0) is 13.0. The molecule has 0 aliphatic carbocycles. The molecule has 0 bridgehead atoms. The van der Waals surface area contributed by atoms with Crippen LogP contribution < -0.4 is 5.32 Å². The molecule has 0 aromatic heterocycles. The summed E-state index contributed by atoms with van der Waals surface area (Å²) in [5, 5.41) is 4.20. The van der Waals surface area contributed by atoms with Gasteiger partial charge in [-0.25, -0.2) is 4.39 Å². The highest BCUT2D eigenvalue weighted by atomic mass is 35.5. The van der Waals surface area contributed by atoms with Crippen molar-refractivity contribution in [2.45, 2.75) is 25.8 Å². The van der Waals surface area contributed by atoms with Gasteiger partial charge in [0.1, 0.15) is 5.82 Å². The normalized spacial score (nSPS) is 21.2. The van der Waals surface area contributed by atoms with Crippen molar-refractivity contribution in [1.29, 1.82) is 0 Å². The van der Waals surface area contributed by atoms with Gasteiger partial charge in [0.2, 0.25) is 0 Å². The molecule has 0 radical (unpaired) electrons. The average molecular weight is 288 g/mol. The van der Waals surface area contributed by atoms with Crippen molar-refractivity contribution in [2.24, 2.45) is 5.92 Å². The molecule has 2 unspecified atom stereocenters. The van der Waals surface area contributed by atoms with E-state index in [0.717, 1.165) is 18.5 Å². The number of thioether (sulfide) groups is 1. The molecule has 0 saturated carbocycles. The molecule has 1 aliphatic rings. The van der Waals surface area contributed by atoms with Crippen molar-refractivity contribution in [3.63, 3.8) is 0 Å². The Kier molecular flexibility index (Phi) is 5.34. The van der Waals surface area contributed by atoms with Crippen molar-refractivity contribution >= 4 is 23.4 Å². The van der Waals surface area contributed by atoms with Crippen LogP contribution >= 0.6 is 23.4 Å². The van der Waals surface area contributed by atoms with Crippen LogP contribution in [-0.2, 0) is 6.42 Å². The van der Waals surface area contributed by atoms with Crippen LogP contribution in [0.3, 0.4) is 0 Å². The van der Waals surface area contributed by atoms with Crippen LogP contribution in [0.1, 0.15) is 18.9 Å². The van der Waals surface area contributed by atoms with E-state index < -0.39 is 0 Å². The topological polar surface area (TPSA) is 12.0 Å². The van der Waals surface area contributed by atoms with Gasteiger partial charge in [-0.15, -0.1) is 0 Å². The summed E-state index contributed by atoms with van der Waals surface area (Å²) in [7, 11) is 0. The minimum atomic E-state index is -0.203. The molecule has 4 heteroatoms. The van der Waals surface area contributed by atoms with Gasteiger partial charge in [0, 0.05) is 11.1 Å². The second kappa shape index (κ2) is 6.78. The van der Waals surface area contributed by atoms with Crippen LogP contribution in [0, 0.1) is 11.7 Å². The van der Waals surface area contributed by atoms with Gasteiger partial charge in [-0.05, 0) is 60.6 Å². The number of hydrogen-bond donors (Lipinski definition) is 1. The Balaban J connectivity index is 2.09. The molecule has 1 aliphatic heterocycles. The second-order valence-corrected chi connectivity index (χ2v) is 6.28. The quantitative estimate of drug-likeness (QED) is 0.885. The predicted molar refractivity (Wildman–Crippen MR) is 78.0 cm³/mol. The van der Waals surface area contributed by atoms with Crippen molar-refractivity contribution in [3.8, 4) is 0 Å². The van der Waals surface area contributed by atoms with Crippen molar-refractivity contribution in [1.82, 2.24) is 5.32 Å². The molecule has 2 rings (SSSR count). The maximum absolute atomic E-state index is 13.3. The summed E-state index contributed by atoms with van der Waals surface area (Å²) in [5.74, 6) is 2.91. The zero-order valence-electron chi connectivity index (χ0n) is 10.6. The lowest BCUT2D eigenvalue weighted by atomic mass is 9.93. The molecule has 0 spiro atoms. The SMILES string of the molecule is CCNC(Cc1cc(F)ccc1Cl)C1CCSC1. The first kappa shape index (κ1) is 14.2. The third kappa shape index (κ3) is 3.62. The maximum atomic E-state index is 13.3. The monoisotopic (exact) mass is 287 g/mol. The van der Waals surface area contributed by atoms with E-state index >= 15 is 0 Å². The first-order valence-corrected chi connectivity index (χ1v) is 7.99. The van der Waals surface area contributed by atoms with Gasteiger partial charge in [0.25, 0.3) is 0 Å². The van der Waals surface area contributed by atoms with Crippen LogP contribution in [0.4, 0.5) is 4.39 Å². The second-order valence-electron chi connectivity index (χ2n) is 4.73. The average Bonchev–Trinajstić information content (AvgIpc) is 2.87. The van der Waals surface area contributed by atoms with E-state index in [1.165, 1.54) is 24.0 Å². The predicted octanol–water partition coefficient (Wildman–Crippen LogP) is 3.75. The van der Waals surface area contributed by atoms with E-state index in [-0.39, 0.29) is 5.82 Å². The van der Waals surface area contributed by atoms with Gasteiger partial charge in [-0.1, -0.05) is 18.5 Å². The van der Waals surface area contributed by atoms with Crippen LogP contribution in [0.2, 0.25) is 5.02 Å². The highest BCUT2D eigenvalue weighted by Crippen LogP contribution is 2.29. The maximum Gasteiger partial charge on any atom is 0.123 e. The summed E-state index contributed by atoms with van der Waals surface area (Å²) in [4.78, 5) is 0. The van der Waals surface area contributed by atoms with Crippen LogP contribution in [0.15, 0.2) is 18.2 Å². The van der Waals surface area contributed by atoms with E-state index in [9.17, 15) is 4.39 Å². The van der Waals surface area contributed by atoms with Gasteiger partial charge < -0.3 is 5.32 Å². The minimum Gasteiger partial charge on any atom is -0.314 e. The fourth-order valence-corrected chi connectivity index (χ4v) is 4.01. The summed E-state index contributed by atoms with van der Waals surface area (Å²) in [6, 6.07) is 5.04. The molecule has 1 heterocycles. The molecule has 2 atom stereocenters. The third-order valence-corrected chi connectivity index (χ3v) is 5.00. The molecule has 18 heavy (non-hydrogen) atoms. The summed E-state index contributed by atoms with van der Waals surface area (Å²) in [6.45, 7) is 3.06. The summed E-state index contributed by atoms with van der Waals surface area (Å²) in [6.07, 6.45) is 2.06. The summed E-state index contributed by atoms with van der Waals surface area (Å²) in [5.41, 5.74) is 0.916. The molecule has 1 aromatic rings. The van der Waals surface area contributed by atoms with Gasteiger partial charge in [-0.2, -0.15) is 11.8 Å². The molecule has 1 aromatic carbocycles. The van der Waals surface area contributed by atoms with Crippen LogP contribution in [-0.4, -0.2) is 24.1 Å². The Bertz CT molecular complexity index is 393. The largest absolute Gasteiger partial charge is 0.314 e. The van der Waals surface area contributed by atoms with E-state index in [4.69, 9.17) is 11.6 Å². The lowest BCUT2D eigenvalue weighted by molar-refractivity contribution is 0.386. The molecule has 1 saturated heterocycles. The molecule has 1 fully saturated rings. The van der Waals surface area contributed by atoms with Crippen molar-refractivity contribution in [3.05, 3.63) is 34.6 Å². The Morgan fingerprint density at radius 3 is 3.06 bits per heavy atom. The van der Waals surface area contributed by atoms with Gasteiger partial charge in [-0.3, -0.25) is 0 Å². The lowest BCUT2D eigenvalue weighted by Crippen LogP contribution is -2.38. The van der Waals surface area contributed by atoms with Gasteiger partial charge in [0.15, 0.2) is 0 Å². The van der Waals surface area contributed by atoms with Crippen molar-refractivity contribution < 1.29 is 4.39 Å². The van der Waals surface area contributed by atoms with Gasteiger partial charge in [0.05, 0.1) is 0 Å². The Morgan fingerprint density at radius 1 is 1.56 bits per heavy atom. The van der Waals surface area contributed by atoms with Gasteiger partial charge >= 0.3 is 0 Å². The number of benzene rings is 1.